The van der Waals surface area contributed by atoms with Crippen LogP contribution in [0.15, 0.2) is 46.9 Å². The van der Waals surface area contributed by atoms with Gasteiger partial charge in [-0.15, -0.1) is 0 Å². The maximum absolute atomic E-state index is 11.3. The minimum Gasteiger partial charge on any atom is -0.456 e. The van der Waals surface area contributed by atoms with Gasteiger partial charge in [-0.1, -0.05) is 30.3 Å². The van der Waals surface area contributed by atoms with Gasteiger partial charge in [-0.2, -0.15) is 0 Å². The van der Waals surface area contributed by atoms with Crippen LogP contribution < -0.4 is 5.73 Å². The van der Waals surface area contributed by atoms with Crippen LogP contribution in [0.1, 0.15) is 11.7 Å². The van der Waals surface area contributed by atoms with E-state index in [1.54, 1.807) is 6.07 Å². The minimum atomic E-state index is -0.752. The number of carbonyl (C=O) groups is 1. The van der Waals surface area contributed by atoms with Gasteiger partial charge in [-0.05, 0) is 17.7 Å². The molecule has 1 amide bonds. The van der Waals surface area contributed by atoms with Crippen molar-refractivity contribution in [2.24, 2.45) is 5.73 Å². The molecule has 2 N–H and O–H groups in total. The fraction of sp³-hybridized carbons (Fsp3) is 0.133. The normalized spacial score (nSPS) is 12.9. The summed E-state index contributed by atoms with van der Waals surface area (Å²) in [6, 6.07) is 13.4. The summed E-state index contributed by atoms with van der Waals surface area (Å²) in [5, 5.41) is 2.07. The molecule has 1 atom stereocenters. The molecule has 0 radical (unpaired) electrons. The summed E-state index contributed by atoms with van der Waals surface area (Å²) >= 11 is 0. The zero-order chi connectivity index (χ0) is 13.4. The second kappa shape index (κ2) is 4.40. The van der Waals surface area contributed by atoms with Gasteiger partial charge in [0.15, 0.2) is 6.10 Å². The number of primary amides is 1. The number of benzene rings is 2. The molecule has 0 saturated carbocycles. The average Bonchev–Trinajstić information content (AvgIpc) is 2.76. The lowest BCUT2D eigenvalue weighted by Gasteiger charge is -2.11. The summed E-state index contributed by atoms with van der Waals surface area (Å²) < 4.78 is 10.9. The first kappa shape index (κ1) is 11.7. The first-order valence-corrected chi connectivity index (χ1v) is 5.94. The summed E-state index contributed by atoms with van der Waals surface area (Å²) in [4.78, 5) is 11.3. The number of hydrogen-bond donors (Lipinski definition) is 1. The van der Waals surface area contributed by atoms with Crippen molar-refractivity contribution in [3.8, 4) is 0 Å². The smallest absolute Gasteiger partial charge is 0.251 e. The highest BCUT2D eigenvalue weighted by molar-refractivity contribution is 6.05. The van der Waals surface area contributed by atoms with Crippen molar-refractivity contribution in [3.05, 3.63) is 48.0 Å². The quantitative estimate of drug-likeness (QED) is 0.782. The Morgan fingerprint density at radius 2 is 1.89 bits per heavy atom. The number of amides is 1. The van der Waals surface area contributed by atoms with E-state index in [4.69, 9.17) is 14.9 Å². The van der Waals surface area contributed by atoms with Crippen LogP contribution in [0, 0.1) is 0 Å². The molecule has 1 aromatic heterocycles. The molecule has 1 heterocycles. The summed E-state index contributed by atoms with van der Waals surface area (Å²) in [7, 11) is 1.46. The van der Waals surface area contributed by atoms with Gasteiger partial charge in [0.05, 0.1) is 0 Å². The molecule has 0 saturated heterocycles. The van der Waals surface area contributed by atoms with Gasteiger partial charge in [-0.3, -0.25) is 4.79 Å². The Hall–Kier alpha value is -2.33. The number of ether oxygens (including phenoxy) is 1. The summed E-state index contributed by atoms with van der Waals surface area (Å²) in [6.07, 6.45) is -0.752. The Morgan fingerprint density at radius 3 is 2.63 bits per heavy atom. The number of hydrogen-bond acceptors (Lipinski definition) is 3. The fourth-order valence-corrected chi connectivity index (χ4v) is 2.32. The zero-order valence-corrected chi connectivity index (χ0v) is 10.4. The Kier molecular flexibility index (Phi) is 2.72. The molecule has 0 bridgehead atoms. The lowest BCUT2D eigenvalue weighted by Crippen LogP contribution is -2.22. The number of nitrogens with two attached hydrogens (primary N) is 1. The summed E-state index contributed by atoms with van der Waals surface area (Å²) in [5.74, 6) is -0.516. The largest absolute Gasteiger partial charge is 0.456 e. The predicted octanol–water partition coefficient (Wildman–Crippen LogP) is 2.76. The first-order chi connectivity index (χ1) is 9.20. The summed E-state index contributed by atoms with van der Waals surface area (Å²) in [5.41, 5.74) is 7.55. The third kappa shape index (κ3) is 1.86. The second-order valence-electron chi connectivity index (χ2n) is 4.37. The molecule has 0 aliphatic carbocycles. The number of carbonyl (C=O) groups excluding carboxylic acids is 1. The van der Waals surface area contributed by atoms with Crippen LogP contribution in [0.2, 0.25) is 0 Å². The molecule has 4 heteroatoms. The predicted molar refractivity (Wildman–Crippen MR) is 72.7 cm³/mol. The van der Waals surface area contributed by atoms with Gasteiger partial charge in [-0.25, -0.2) is 0 Å². The van der Waals surface area contributed by atoms with Crippen molar-refractivity contribution in [2.45, 2.75) is 6.10 Å². The maximum atomic E-state index is 11.3. The first-order valence-electron chi connectivity index (χ1n) is 5.94. The average molecular weight is 255 g/mol. The molecular formula is C15H13NO3. The van der Waals surface area contributed by atoms with Gasteiger partial charge in [0.2, 0.25) is 0 Å². The molecule has 4 nitrogen and oxygen atoms in total. The number of furan rings is 1. The number of para-hydroxylation sites is 1. The van der Waals surface area contributed by atoms with Gasteiger partial charge < -0.3 is 14.9 Å². The van der Waals surface area contributed by atoms with E-state index in [1.807, 2.05) is 36.4 Å². The molecule has 96 valence electrons. The Morgan fingerprint density at radius 1 is 1.16 bits per heavy atom. The molecule has 0 aliphatic heterocycles. The van der Waals surface area contributed by atoms with Crippen molar-refractivity contribution in [1.29, 1.82) is 0 Å². The Bertz CT molecular complexity index is 760. The van der Waals surface area contributed by atoms with Crippen LogP contribution in [-0.4, -0.2) is 13.0 Å². The summed E-state index contributed by atoms with van der Waals surface area (Å²) in [6.45, 7) is 0. The molecular weight excluding hydrogens is 242 g/mol. The second-order valence-corrected chi connectivity index (χ2v) is 4.37. The molecule has 3 rings (SSSR count). The highest BCUT2D eigenvalue weighted by atomic mass is 16.5. The van der Waals surface area contributed by atoms with E-state index < -0.39 is 12.0 Å². The van der Waals surface area contributed by atoms with E-state index in [9.17, 15) is 4.79 Å². The van der Waals surface area contributed by atoms with Crippen LogP contribution in [0.4, 0.5) is 0 Å². The van der Waals surface area contributed by atoms with Gasteiger partial charge in [0.1, 0.15) is 11.2 Å². The van der Waals surface area contributed by atoms with Crippen LogP contribution in [0.25, 0.3) is 21.9 Å². The van der Waals surface area contributed by atoms with Crippen molar-refractivity contribution >= 4 is 27.8 Å². The third-order valence-electron chi connectivity index (χ3n) is 3.20. The third-order valence-corrected chi connectivity index (χ3v) is 3.20. The van der Waals surface area contributed by atoms with E-state index in [-0.39, 0.29) is 0 Å². The van der Waals surface area contributed by atoms with Crippen LogP contribution in [-0.2, 0) is 9.53 Å². The molecule has 0 aliphatic rings. The number of methoxy groups -OCH3 is 1. The van der Waals surface area contributed by atoms with E-state index in [0.717, 1.165) is 21.9 Å². The molecule has 19 heavy (non-hydrogen) atoms. The van der Waals surface area contributed by atoms with E-state index in [2.05, 4.69) is 0 Å². The van der Waals surface area contributed by atoms with Crippen LogP contribution in [0.3, 0.4) is 0 Å². The molecule has 0 spiro atoms. The van der Waals surface area contributed by atoms with Crippen molar-refractivity contribution in [2.75, 3.05) is 7.11 Å². The lowest BCUT2D eigenvalue weighted by atomic mass is 10.1. The van der Waals surface area contributed by atoms with Gasteiger partial charge in [0.25, 0.3) is 5.91 Å². The molecule has 1 unspecified atom stereocenters. The maximum Gasteiger partial charge on any atom is 0.251 e. The molecule has 0 fully saturated rings. The van der Waals surface area contributed by atoms with E-state index in [1.165, 1.54) is 7.11 Å². The number of rotatable bonds is 3. The zero-order valence-electron chi connectivity index (χ0n) is 10.4. The van der Waals surface area contributed by atoms with Crippen LogP contribution >= 0.6 is 0 Å². The lowest BCUT2D eigenvalue weighted by molar-refractivity contribution is -0.128. The Balaban J connectivity index is 2.21. The fourth-order valence-electron chi connectivity index (χ4n) is 2.32. The van der Waals surface area contributed by atoms with E-state index >= 15 is 0 Å². The van der Waals surface area contributed by atoms with Gasteiger partial charge in [0, 0.05) is 17.9 Å². The Labute approximate surface area is 109 Å². The topological polar surface area (TPSA) is 65.5 Å². The van der Waals surface area contributed by atoms with Crippen LogP contribution in [0.5, 0.6) is 0 Å². The molecule has 3 aromatic rings. The van der Waals surface area contributed by atoms with Gasteiger partial charge >= 0.3 is 0 Å². The SMILES string of the molecule is COC(C(N)=O)c1ccc2c(c1)oc1ccccc12. The van der Waals surface area contributed by atoms with Crippen molar-refractivity contribution in [3.63, 3.8) is 0 Å². The minimum absolute atomic E-state index is 0.516. The van der Waals surface area contributed by atoms with E-state index in [0.29, 0.717) is 5.56 Å². The highest BCUT2D eigenvalue weighted by Gasteiger charge is 2.18. The number of fused-ring (bicyclic) bond motifs is 3. The van der Waals surface area contributed by atoms with Crippen molar-refractivity contribution < 1.29 is 13.9 Å². The van der Waals surface area contributed by atoms with Crippen molar-refractivity contribution in [1.82, 2.24) is 0 Å². The monoisotopic (exact) mass is 255 g/mol. The highest BCUT2D eigenvalue weighted by Crippen LogP contribution is 2.30. The standard InChI is InChI=1S/C15H13NO3/c1-18-14(15(16)17)9-6-7-11-10-4-2-3-5-12(10)19-13(11)8-9/h2-8,14H,1H3,(H2,16,17). The molecule has 2 aromatic carbocycles.